The van der Waals surface area contributed by atoms with E-state index in [0.29, 0.717) is 41.4 Å². The smallest absolute Gasteiger partial charge is 0.253 e. The first-order valence-corrected chi connectivity index (χ1v) is 14.0. The summed E-state index contributed by atoms with van der Waals surface area (Å²) < 4.78 is 28.1. The van der Waals surface area contributed by atoms with Crippen molar-refractivity contribution in [1.29, 1.82) is 0 Å². The van der Waals surface area contributed by atoms with Gasteiger partial charge in [-0.2, -0.15) is 0 Å². The number of piperidine rings is 1. The van der Waals surface area contributed by atoms with E-state index in [1.165, 1.54) is 5.56 Å². The first-order chi connectivity index (χ1) is 17.6. The molecule has 194 valence electrons. The highest BCUT2D eigenvalue weighted by Crippen LogP contribution is 2.29. The Morgan fingerprint density at radius 1 is 0.919 bits per heavy atom. The molecule has 0 atom stereocenters. The largest absolute Gasteiger partial charge is 0.345 e. The topological polar surface area (TPSA) is 86.8 Å². The van der Waals surface area contributed by atoms with Crippen LogP contribution in [0.25, 0.3) is 0 Å². The van der Waals surface area contributed by atoms with E-state index in [0.717, 1.165) is 18.4 Å². The van der Waals surface area contributed by atoms with Crippen molar-refractivity contribution in [2.75, 3.05) is 31.9 Å². The average molecular weight is 520 g/mol. The number of likely N-dealkylation sites (tertiary alicyclic amines) is 1. The number of benzene rings is 3. The summed E-state index contributed by atoms with van der Waals surface area (Å²) >= 11 is 0. The van der Waals surface area contributed by atoms with E-state index in [1.54, 1.807) is 61.5 Å². The zero-order chi connectivity index (χ0) is 26.6. The highest BCUT2D eigenvalue weighted by atomic mass is 32.2. The molecule has 8 heteroatoms. The van der Waals surface area contributed by atoms with Crippen LogP contribution in [0.15, 0.2) is 72.8 Å². The number of nitrogens with one attached hydrogen (secondary N) is 1. The molecule has 0 unspecified atom stereocenters. The Morgan fingerprint density at radius 2 is 1.54 bits per heavy atom. The quantitative estimate of drug-likeness (QED) is 0.492. The van der Waals surface area contributed by atoms with Crippen molar-refractivity contribution in [3.8, 4) is 0 Å². The number of aryl methyl sites for hydroxylation is 1. The highest BCUT2D eigenvalue weighted by Gasteiger charge is 2.25. The van der Waals surface area contributed by atoms with Gasteiger partial charge in [-0.3, -0.25) is 14.3 Å². The number of amides is 2. The second kappa shape index (κ2) is 11.2. The lowest BCUT2D eigenvalue weighted by molar-refractivity contribution is 0.0712. The molecule has 3 aromatic rings. The van der Waals surface area contributed by atoms with Gasteiger partial charge in [0.15, 0.2) is 0 Å². The van der Waals surface area contributed by atoms with Crippen molar-refractivity contribution >= 4 is 27.5 Å². The van der Waals surface area contributed by atoms with Gasteiger partial charge in [0.1, 0.15) is 0 Å². The maximum atomic E-state index is 13.3. The van der Waals surface area contributed by atoms with Crippen LogP contribution in [0.2, 0.25) is 0 Å². The van der Waals surface area contributed by atoms with Crippen molar-refractivity contribution in [3.63, 3.8) is 0 Å². The molecule has 1 N–H and O–H groups in total. The molecule has 4 rings (SSSR count). The maximum absolute atomic E-state index is 13.3. The van der Waals surface area contributed by atoms with Gasteiger partial charge in [-0.05, 0) is 66.6 Å². The average Bonchev–Trinajstić information content (AvgIpc) is 2.89. The van der Waals surface area contributed by atoms with E-state index in [4.69, 9.17) is 0 Å². The third-order valence-electron chi connectivity index (χ3n) is 6.77. The molecule has 3 aromatic carbocycles. The van der Waals surface area contributed by atoms with Crippen molar-refractivity contribution in [1.82, 2.24) is 9.80 Å². The summed E-state index contributed by atoms with van der Waals surface area (Å²) in [5.41, 5.74) is 4.17. The Labute approximate surface area is 219 Å². The molecule has 0 bridgehead atoms. The van der Waals surface area contributed by atoms with E-state index >= 15 is 0 Å². The summed E-state index contributed by atoms with van der Waals surface area (Å²) in [4.78, 5) is 28.8. The lowest BCUT2D eigenvalue weighted by Gasteiger charge is -2.32. The molecule has 37 heavy (non-hydrogen) atoms. The van der Waals surface area contributed by atoms with Gasteiger partial charge in [0, 0.05) is 38.3 Å². The zero-order valence-electron chi connectivity index (χ0n) is 21.5. The van der Waals surface area contributed by atoms with Gasteiger partial charge in [0.05, 0.1) is 11.4 Å². The van der Waals surface area contributed by atoms with E-state index in [-0.39, 0.29) is 17.6 Å². The van der Waals surface area contributed by atoms with Crippen LogP contribution < -0.4 is 4.72 Å². The molecule has 1 saturated heterocycles. The summed E-state index contributed by atoms with van der Waals surface area (Å²) in [5, 5.41) is 0. The molecule has 0 aliphatic carbocycles. The number of hydrogen-bond acceptors (Lipinski definition) is 4. The normalized spacial score (nSPS) is 14.3. The van der Waals surface area contributed by atoms with E-state index in [9.17, 15) is 18.0 Å². The van der Waals surface area contributed by atoms with Gasteiger partial charge in [-0.1, -0.05) is 48.5 Å². The molecule has 0 saturated carbocycles. The molecule has 0 radical (unpaired) electrons. The minimum absolute atomic E-state index is 0.0215. The van der Waals surface area contributed by atoms with Gasteiger partial charge in [0.25, 0.3) is 11.8 Å². The van der Waals surface area contributed by atoms with Gasteiger partial charge in [0.2, 0.25) is 10.0 Å². The number of anilines is 1. The fourth-order valence-corrected chi connectivity index (χ4v) is 5.88. The van der Waals surface area contributed by atoms with Gasteiger partial charge < -0.3 is 9.80 Å². The summed E-state index contributed by atoms with van der Waals surface area (Å²) in [6, 6.07) is 21.9. The Hall–Kier alpha value is -3.65. The second-order valence-electron chi connectivity index (χ2n) is 9.76. The van der Waals surface area contributed by atoms with Gasteiger partial charge in [-0.15, -0.1) is 0 Å². The summed E-state index contributed by atoms with van der Waals surface area (Å²) in [7, 11) is -0.156. The number of nitrogens with zero attached hydrogens (tertiary/aromatic N) is 2. The van der Waals surface area contributed by atoms with Gasteiger partial charge >= 0.3 is 0 Å². The van der Waals surface area contributed by atoms with Crippen molar-refractivity contribution < 1.29 is 18.0 Å². The van der Waals surface area contributed by atoms with Crippen molar-refractivity contribution in [2.45, 2.75) is 31.4 Å². The van der Waals surface area contributed by atoms with E-state index in [1.807, 2.05) is 42.2 Å². The van der Waals surface area contributed by atoms with Crippen LogP contribution in [-0.4, -0.2) is 57.2 Å². The predicted octanol–water partition coefficient (Wildman–Crippen LogP) is 4.66. The summed E-state index contributed by atoms with van der Waals surface area (Å²) in [5.74, 6) is 0.0649. The molecule has 0 aromatic heterocycles. The molecule has 1 aliphatic heterocycles. The number of carbonyl (C=O) groups excluding carboxylic acids is 2. The number of sulfonamides is 1. The van der Waals surface area contributed by atoms with E-state index in [2.05, 4.69) is 4.72 Å². The molecular formula is C29H33N3O4S. The van der Waals surface area contributed by atoms with Crippen molar-refractivity contribution in [3.05, 3.63) is 101 Å². The molecule has 7 nitrogen and oxygen atoms in total. The van der Waals surface area contributed by atoms with Crippen LogP contribution in [0, 0.1) is 6.92 Å². The van der Waals surface area contributed by atoms with Gasteiger partial charge in [-0.25, -0.2) is 8.42 Å². The lowest BCUT2D eigenvalue weighted by Crippen LogP contribution is -2.38. The monoisotopic (exact) mass is 519 g/mol. The third-order valence-corrected chi connectivity index (χ3v) is 8.01. The van der Waals surface area contributed by atoms with Crippen LogP contribution in [0.5, 0.6) is 0 Å². The fourth-order valence-electron chi connectivity index (χ4n) is 4.62. The van der Waals surface area contributed by atoms with Crippen LogP contribution in [0.4, 0.5) is 5.69 Å². The Balaban J connectivity index is 1.39. The molecule has 1 heterocycles. The number of rotatable bonds is 7. The minimum atomic E-state index is -3.63. The Morgan fingerprint density at radius 3 is 2.16 bits per heavy atom. The predicted molar refractivity (Wildman–Crippen MR) is 146 cm³/mol. The zero-order valence-corrected chi connectivity index (χ0v) is 22.3. The summed E-state index contributed by atoms with van der Waals surface area (Å²) in [6.07, 6.45) is 1.66. The first-order valence-electron chi connectivity index (χ1n) is 12.4. The minimum Gasteiger partial charge on any atom is -0.345 e. The fraction of sp³-hybridized carbons (Fsp3) is 0.310. The standard InChI is InChI=1S/C29H33N3O4S/c1-21-9-10-26(19-27(21)30-37(35,36)20-22-7-5-4-6-8-22)29(34)32-17-15-24(16-18-32)23-11-13-25(14-12-23)28(33)31(2)3/h4-14,19,24,30H,15-18,20H2,1-3H3. The van der Waals surface area contributed by atoms with Crippen LogP contribution in [-0.2, 0) is 15.8 Å². The first kappa shape index (κ1) is 26.4. The Bertz CT molecular complexity index is 1360. The molecule has 2 amide bonds. The van der Waals surface area contributed by atoms with E-state index < -0.39 is 10.0 Å². The second-order valence-corrected chi connectivity index (χ2v) is 11.5. The molecular weight excluding hydrogens is 486 g/mol. The van der Waals surface area contributed by atoms with Crippen molar-refractivity contribution in [2.24, 2.45) is 0 Å². The van der Waals surface area contributed by atoms with Crippen LogP contribution >= 0.6 is 0 Å². The number of hydrogen-bond donors (Lipinski definition) is 1. The number of carbonyl (C=O) groups is 2. The molecule has 0 spiro atoms. The molecule has 1 aliphatic rings. The van der Waals surface area contributed by atoms with Crippen LogP contribution in [0.3, 0.4) is 0 Å². The lowest BCUT2D eigenvalue weighted by atomic mass is 9.88. The molecule has 1 fully saturated rings. The summed E-state index contributed by atoms with van der Waals surface area (Å²) in [6.45, 7) is 3.05. The third kappa shape index (κ3) is 6.57. The SMILES string of the molecule is Cc1ccc(C(=O)N2CCC(c3ccc(C(=O)N(C)C)cc3)CC2)cc1NS(=O)(=O)Cc1ccccc1. The Kier molecular flexibility index (Phi) is 7.97. The van der Waals surface area contributed by atoms with Crippen LogP contribution in [0.1, 0.15) is 56.2 Å². The highest BCUT2D eigenvalue weighted by molar-refractivity contribution is 7.91. The maximum Gasteiger partial charge on any atom is 0.253 e.